The number of halogens is 2. The molecule has 2 atom stereocenters. The maximum atomic E-state index is 13.8. The molecule has 2 heterocycles. The minimum absolute atomic E-state index is 0.0445. The highest BCUT2D eigenvalue weighted by Gasteiger charge is 2.75. The topological polar surface area (TPSA) is 35.5 Å². The summed E-state index contributed by atoms with van der Waals surface area (Å²) in [6, 6.07) is 23.5. The third-order valence-corrected chi connectivity index (χ3v) is 8.23. The zero-order valence-electron chi connectivity index (χ0n) is 19.6. The summed E-state index contributed by atoms with van der Waals surface area (Å²) >= 11 is 12.3. The van der Waals surface area contributed by atoms with E-state index >= 15 is 0 Å². The van der Waals surface area contributed by atoms with Gasteiger partial charge in [0, 0.05) is 10.0 Å². The van der Waals surface area contributed by atoms with Crippen molar-refractivity contribution in [2.24, 2.45) is 5.41 Å². The Labute approximate surface area is 215 Å². The van der Waals surface area contributed by atoms with E-state index in [1.54, 1.807) is 0 Å². The lowest BCUT2D eigenvalue weighted by Crippen LogP contribution is -2.56. The van der Waals surface area contributed by atoms with Crippen molar-refractivity contribution in [3.05, 3.63) is 105 Å². The second-order valence-corrected chi connectivity index (χ2v) is 10.9. The Hall–Kier alpha value is -2.69. The van der Waals surface area contributed by atoms with E-state index in [-0.39, 0.29) is 5.78 Å². The summed E-state index contributed by atoms with van der Waals surface area (Å²) < 4.78 is 13.4. The molecule has 0 radical (unpaired) electrons. The van der Waals surface area contributed by atoms with Crippen LogP contribution in [0.2, 0.25) is 10.0 Å². The number of carbonyl (C=O) groups is 1. The normalized spacial score (nSPS) is 30.5. The number of hydrogen-bond acceptors (Lipinski definition) is 3. The first-order chi connectivity index (χ1) is 16.7. The van der Waals surface area contributed by atoms with Gasteiger partial charge in [-0.3, -0.25) is 4.79 Å². The maximum absolute atomic E-state index is 13.8. The largest absolute Gasteiger partial charge is 0.334 e. The Morgan fingerprint density at radius 2 is 1.20 bits per heavy atom. The van der Waals surface area contributed by atoms with Crippen LogP contribution in [0.4, 0.5) is 0 Å². The lowest BCUT2D eigenvalue weighted by Gasteiger charge is -2.43. The highest BCUT2D eigenvalue weighted by Crippen LogP contribution is 2.66. The molecule has 1 aliphatic carbocycles. The summed E-state index contributed by atoms with van der Waals surface area (Å²) in [7, 11) is 0. The molecular weight excluding hydrogens is 479 g/mol. The van der Waals surface area contributed by atoms with Crippen molar-refractivity contribution in [1.29, 1.82) is 0 Å². The lowest BCUT2D eigenvalue weighted by atomic mass is 9.71. The fourth-order valence-corrected chi connectivity index (χ4v) is 5.72. The molecule has 35 heavy (non-hydrogen) atoms. The average molecular weight is 503 g/mol. The van der Waals surface area contributed by atoms with E-state index < -0.39 is 22.9 Å². The number of ether oxygens (including phenoxy) is 2. The SMILES string of the molecule is CC1(C)C(=O)[C@@H]2O[C@@]1(C)OC21/C(=C/c2ccc(Cl)cc2)c2ccccc2/C1=C\c1ccc(Cl)cc1. The van der Waals surface area contributed by atoms with Gasteiger partial charge in [0.05, 0.1) is 5.41 Å². The van der Waals surface area contributed by atoms with Crippen molar-refractivity contribution >= 4 is 52.3 Å². The van der Waals surface area contributed by atoms with E-state index in [0.717, 1.165) is 33.4 Å². The molecule has 0 saturated carbocycles. The van der Waals surface area contributed by atoms with Gasteiger partial charge >= 0.3 is 0 Å². The van der Waals surface area contributed by atoms with E-state index in [0.29, 0.717) is 10.0 Å². The van der Waals surface area contributed by atoms with Gasteiger partial charge in [-0.25, -0.2) is 0 Å². The lowest BCUT2D eigenvalue weighted by molar-refractivity contribution is -0.203. The van der Waals surface area contributed by atoms with E-state index in [1.165, 1.54) is 0 Å². The number of carbonyl (C=O) groups excluding carboxylic acids is 1. The molecule has 2 bridgehead atoms. The molecule has 0 unspecified atom stereocenters. The van der Waals surface area contributed by atoms with Gasteiger partial charge in [0.25, 0.3) is 0 Å². The monoisotopic (exact) mass is 502 g/mol. The van der Waals surface area contributed by atoms with Gasteiger partial charge in [0.1, 0.15) is 0 Å². The predicted molar refractivity (Wildman–Crippen MR) is 141 cm³/mol. The molecule has 3 aromatic carbocycles. The van der Waals surface area contributed by atoms with Crippen LogP contribution in [0, 0.1) is 5.41 Å². The molecule has 0 amide bonds. The van der Waals surface area contributed by atoms with Crippen molar-refractivity contribution in [3.8, 4) is 0 Å². The number of hydrogen-bond donors (Lipinski definition) is 0. The maximum Gasteiger partial charge on any atom is 0.180 e. The van der Waals surface area contributed by atoms with Crippen LogP contribution < -0.4 is 0 Å². The predicted octanol–water partition coefficient (Wildman–Crippen LogP) is 7.57. The Bertz CT molecular complexity index is 1330. The van der Waals surface area contributed by atoms with Gasteiger partial charge in [-0.05, 0) is 90.6 Å². The van der Waals surface area contributed by atoms with E-state index in [2.05, 4.69) is 24.3 Å². The first-order valence-electron chi connectivity index (χ1n) is 11.6. The van der Waals surface area contributed by atoms with Crippen LogP contribution in [0.3, 0.4) is 0 Å². The van der Waals surface area contributed by atoms with Crippen LogP contribution in [0.25, 0.3) is 23.3 Å². The number of benzene rings is 3. The molecule has 3 nitrogen and oxygen atoms in total. The summed E-state index contributed by atoms with van der Waals surface area (Å²) in [5.74, 6) is -1.02. The molecule has 5 heteroatoms. The molecule has 2 fully saturated rings. The second-order valence-electron chi connectivity index (χ2n) is 10.0. The number of ketones is 1. The van der Waals surface area contributed by atoms with Crippen LogP contribution in [-0.4, -0.2) is 23.3 Å². The average Bonchev–Trinajstić information content (AvgIpc) is 3.35. The van der Waals surface area contributed by atoms with E-state index in [1.807, 2.05) is 81.4 Å². The molecular formula is C30H24Cl2O3. The highest BCUT2D eigenvalue weighted by atomic mass is 35.5. The van der Waals surface area contributed by atoms with Crippen LogP contribution in [0.1, 0.15) is 43.0 Å². The van der Waals surface area contributed by atoms with Crippen molar-refractivity contribution in [2.45, 2.75) is 38.3 Å². The smallest absolute Gasteiger partial charge is 0.180 e. The third kappa shape index (κ3) is 3.16. The minimum atomic E-state index is -1.08. The van der Waals surface area contributed by atoms with Gasteiger partial charge in [-0.15, -0.1) is 0 Å². The summed E-state index contributed by atoms with van der Waals surface area (Å²) in [5.41, 5.74) is 3.95. The minimum Gasteiger partial charge on any atom is -0.334 e. The summed E-state index contributed by atoms with van der Waals surface area (Å²) in [5, 5.41) is 1.34. The summed E-state index contributed by atoms with van der Waals surface area (Å²) in [4.78, 5) is 13.8. The van der Waals surface area contributed by atoms with Crippen LogP contribution in [-0.2, 0) is 14.3 Å². The Morgan fingerprint density at radius 3 is 1.60 bits per heavy atom. The Morgan fingerprint density at radius 1 is 0.743 bits per heavy atom. The quantitative estimate of drug-likeness (QED) is 0.362. The Balaban J connectivity index is 1.64. The van der Waals surface area contributed by atoms with Crippen LogP contribution >= 0.6 is 23.2 Å². The van der Waals surface area contributed by atoms with Crippen LogP contribution in [0.5, 0.6) is 0 Å². The molecule has 2 saturated heterocycles. The van der Waals surface area contributed by atoms with Gasteiger partial charge < -0.3 is 9.47 Å². The first-order valence-corrected chi connectivity index (χ1v) is 12.4. The molecule has 0 N–H and O–H groups in total. The third-order valence-electron chi connectivity index (χ3n) is 7.73. The molecule has 1 spiro atoms. The summed E-state index contributed by atoms with van der Waals surface area (Å²) in [6.45, 7) is 5.67. The van der Waals surface area contributed by atoms with E-state index in [4.69, 9.17) is 32.7 Å². The van der Waals surface area contributed by atoms with Crippen molar-refractivity contribution < 1.29 is 14.3 Å². The number of Topliss-reactive ketones (excluding diaryl/α,β-unsaturated/α-hetero) is 1. The standard InChI is InChI=1S/C30H24Cl2O3/c1-28(2)26(33)27-30(35-29(28,3)34-27)24(16-18-8-12-20(31)13-9-18)22-6-4-5-7-23(22)25(30)17-19-10-14-21(32)15-11-19/h4-17,27H,1-3H3/b24-16+,25-17+/t27-,29-/m0/s1. The van der Waals surface area contributed by atoms with Crippen molar-refractivity contribution in [2.75, 3.05) is 0 Å². The molecule has 3 aliphatic rings. The fraction of sp³-hybridized carbons (Fsp3) is 0.233. The molecule has 3 aromatic rings. The van der Waals surface area contributed by atoms with Gasteiger partial charge in [-0.2, -0.15) is 0 Å². The van der Waals surface area contributed by atoms with Crippen molar-refractivity contribution in [1.82, 2.24) is 0 Å². The number of rotatable bonds is 2. The Kier molecular flexibility index (Phi) is 4.97. The van der Waals surface area contributed by atoms with Gasteiger partial charge in [0.2, 0.25) is 0 Å². The first kappa shape index (κ1) is 22.8. The zero-order valence-corrected chi connectivity index (χ0v) is 21.2. The van der Waals surface area contributed by atoms with Gasteiger partial charge in [-0.1, -0.05) is 71.7 Å². The molecule has 0 aromatic heterocycles. The molecule has 176 valence electrons. The highest BCUT2D eigenvalue weighted by molar-refractivity contribution is 6.31. The van der Waals surface area contributed by atoms with Gasteiger partial charge in [0.15, 0.2) is 23.3 Å². The van der Waals surface area contributed by atoms with Crippen LogP contribution in [0.15, 0.2) is 72.8 Å². The van der Waals surface area contributed by atoms with Crippen molar-refractivity contribution in [3.63, 3.8) is 0 Å². The molecule has 2 aliphatic heterocycles. The fourth-order valence-electron chi connectivity index (χ4n) is 5.47. The molecule has 6 rings (SSSR count). The number of fused-ring (bicyclic) bond motifs is 4. The van der Waals surface area contributed by atoms with E-state index in [9.17, 15) is 4.79 Å². The zero-order chi connectivity index (χ0) is 24.6. The second kappa shape index (κ2) is 7.65. The summed E-state index contributed by atoms with van der Waals surface area (Å²) in [6.07, 6.45) is 3.41.